The molecule has 0 amide bonds. The quantitative estimate of drug-likeness (QED) is 0.375. The van der Waals surface area contributed by atoms with Crippen molar-refractivity contribution in [2.75, 3.05) is 0 Å². The van der Waals surface area contributed by atoms with Gasteiger partial charge >= 0.3 is 0 Å². The lowest BCUT2D eigenvalue weighted by Crippen LogP contribution is -2.35. The van der Waals surface area contributed by atoms with E-state index in [0.29, 0.717) is 21.7 Å². The Kier molecular flexibility index (Phi) is 5.50. The van der Waals surface area contributed by atoms with Crippen LogP contribution in [0.2, 0.25) is 5.02 Å². The third-order valence-corrected chi connectivity index (χ3v) is 5.84. The molecule has 4 rings (SSSR count). The van der Waals surface area contributed by atoms with Gasteiger partial charge < -0.3 is 0 Å². The summed E-state index contributed by atoms with van der Waals surface area (Å²) in [5.74, 6) is -1.15. The van der Waals surface area contributed by atoms with Crippen molar-refractivity contribution in [3.05, 3.63) is 65.6 Å². The van der Waals surface area contributed by atoms with Gasteiger partial charge in [-0.3, -0.25) is 0 Å². The van der Waals surface area contributed by atoms with Crippen LogP contribution in [-0.4, -0.2) is 10.3 Å². The van der Waals surface area contributed by atoms with Crippen LogP contribution in [0.5, 0.6) is 0 Å². The molecule has 27 heavy (non-hydrogen) atoms. The second-order valence-electron chi connectivity index (χ2n) is 6.65. The molecule has 0 aliphatic carbocycles. The summed E-state index contributed by atoms with van der Waals surface area (Å²) in [5.41, 5.74) is 3.18. The molecule has 6 heteroatoms. The second kappa shape index (κ2) is 8.03. The Labute approximate surface area is 166 Å². The first-order valence-corrected chi connectivity index (χ1v) is 10.3. The molecule has 2 heterocycles. The summed E-state index contributed by atoms with van der Waals surface area (Å²) in [6.45, 7) is 1.00. The fourth-order valence-electron chi connectivity index (χ4n) is 3.63. The number of aryl methyl sites for hydroxylation is 1. The van der Waals surface area contributed by atoms with Crippen molar-refractivity contribution in [1.29, 1.82) is 0 Å². The van der Waals surface area contributed by atoms with Gasteiger partial charge in [0.25, 0.3) is 11.6 Å². The lowest BCUT2D eigenvalue weighted by Gasteiger charge is -2.07. The Hall–Kier alpha value is -1.85. The van der Waals surface area contributed by atoms with E-state index in [0.717, 1.165) is 36.3 Å². The maximum Gasteiger partial charge on any atom is 0.288 e. The molecule has 0 unspecified atom stereocenters. The first kappa shape index (κ1) is 18.5. The van der Waals surface area contributed by atoms with Crippen LogP contribution in [0.3, 0.4) is 0 Å². The molecule has 1 aromatic heterocycles. The van der Waals surface area contributed by atoms with Crippen molar-refractivity contribution in [3.8, 4) is 16.9 Å². The minimum atomic E-state index is -2.40. The number of alkyl halides is 2. The standard InChI is InChI=1S/C21H20ClF2N2S/c22-16-7-5-15(6-8-16)19-14-25-13-3-1-2-4-20(25)26(19)17-9-11-18(12-10-17)27-21(23)24/h5-12,14,21H,1-4,13H2/q+1. The van der Waals surface area contributed by atoms with E-state index in [-0.39, 0.29) is 0 Å². The molecule has 140 valence electrons. The number of rotatable bonds is 4. The van der Waals surface area contributed by atoms with Crippen molar-refractivity contribution in [2.45, 2.75) is 42.9 Å². The number of benzene rings is 2. The van der Waals surface area contributed by atoms with E-state index in [1.165, 1.54) is 18.7 Å². The van der Waals surface area contributed by atoms with Gasteiger partial charge in [-0.15, -0.1) is 0 Å². The lowest BCUT2D eigenvalue weighted by molar-refractivity contribution is -0.702. The Bertz CT molecular complexity index is 921. The van der Waals surface area contributed by atoms with Crippen molar-refractivity contribution in [2.24, 2.45) is 0 Å². The summed E-state index contributed by atoms with van der Waals surface area (Å²) < 4.78 is 29.8. The van der Waals surface area contributed by atoms with Gasteiger partial charge in [-0.2, -0.15) is 13.3 Å². The summed E-state index contributed by atoms with van der Waals surface area (Å²) in [4.78, 5) is 0.577. The molecule has 0 spiro atoms. The van der Waals surface area contributed by atoms with Gasteiger partial charge in [-0.25, -0.2) is 4.57 Å². The maximum absolute atomic E-state index is 12.6. The van der Waals surface area contributed by atoms with Crippen LogP contribution in [0.15, 0.2) is 59.6 Å². The van der Waals surface area contributed by atoms with Crippen LogP contribution < -0.4 is 4.57 Å². The number of thioether (sulfide) groups is 1. The lowest BCUT2D eigenvalue weighted by atomic mass is 10.1. The van der Waals surface area contributed by atoms with Gasteiger partial charge in [0.1, 0.15) is 11.9 Å². The zero-order chi connectivity index (χ0) is 18.8. The highest BCUT2D eigenvalue weighted by molar-refractivity contribution is 7.99. The molecule has 2 aromatic carbocycles. The van der Waals surface area contributed by atoms with E-state index in [4.69, 9.17) is 11.6 Å². The molecule has 3 aromatic rings. The van der Waals surface area contributed by atoms with Crippen molar-refractivity contribution < 1.29 is 13.3 Å². The second-order valence-corrected chi connectivity index (χ2v) is 8.15. The Morgan fingerprint density at radius 3 is 2.41 bits per heavy atom. The van der Waals surface area contributed by atoms with Crippen LogP contribution in [0.4, 0.5) is 8.78 Å². The minimum Gasteiger partial charge on any atom is -0.233 e. The molecule has 1 aliphatic rings. The zero-order valence-corrected chi connectivity index (χ0v) is 16.3. The Balaban J connectivity index is 1.82. The number of fused-ring (bicyclic) bond motifs is 1. The summed E-state index contributed by atoms with van der Waals surface area (Å²) in [6.07, 6.45) is 6.75. The van der Waals surface area contributed by atoms with Gasteiger partial charge in [0.05, 0.1) is 6.54 Å². The van der Waals surface area contributed by atoms with Gasteiger partial charge in [0.15, 0.2) is 5.69 Å². The Morgan fingerprint density at radius 2 is 1.70 bits per heavy atom. The van der Waals surface area contributed by atoms with E-state index in [2.05, 4.69) is 15.3 Å². The smallest absolute Gasteiger partial charge is 0.233 e. The average molecular weight is 406 g/mol. The molecule has 0 saturated carbocycles. The van der Waals surface area contributed by atoms with Crippen LogP contribution in [0.1, 0.15) is 25.1 Å². The monoisotopic (exact) mass is 405 g/mol. The van der Waals surface area contributed by atoms with E-state index >= 15 is 0 Å². The molecular formula is C21H20ClF2N2S+. The molecule has 1 aliphatic heterocycles. The maximum atomic E-state index is 12.6. The number of nitrogens with zero attached hydrogens (tertiary/aromatic N) is 2. The zero-order valence-electron chi connectivity index (χ0n) is 14.7. The fraction of sp³-hybridized carbons (Fsp3) is 0.286. The number of hydrogen-bond donors (Lipinski definition) is 0. The largest absolute Gasteiger partial charge is 0.288 e. The molecule has 0 saturated heterocycles. The molecular weight excluding hydrogens is 386 g/mol. The highest BCUT2D eigenvalue weighted by Gasteiger charge is 2.27. The summed E-state index contributed by atoms with van der Waals surface area (Å²) in [7, 11) is 0. The molecule has 0 atom stereocenters. The van der Waals surface area contributed by atoms with Crippen LogP contribution in [0.25, 0.3) is 16.9 Å². The van der Waals surface area contributed by atoms with Crippen LogP contribution >= 0.6 is 23.4 Å². The molecule has 0 N–H and O–H groups in total. The van der Waals surface area contributed by atoms with E-state index in [1.54, 1.807) is 12.1 Å². The number of halogens is 3. The van der Waals surface area contributed by atoms with Gasteiger partial charge in [-0.1, -0.05) is 23.4 Å². The molecule has 0 bridgehead atoms. The highest BCUT2D eigenvalue weighted by Crippen LogP contribution is 2.30. The number of aromatic nitrogens is 2. The molecule has 2 nitrogen and oxygen atoms in total. The van der Waals surface area contributed by atoms with Gasteiger partial charge in [0.2, 0.25) is 0 Å². The van der Waals surface area contributed by atoms with Crippen LogP contribution in [-0.2, 0) is 13.0 Å². The van der Waals surface area contributed by atoms with E-state index in [9.17, 15) is 8.78 Å². The average Bonchev–Trinajstić information content (AvgIpc) is 2.85. The van der Waals surface area contributed by atoms with Crippen LogP contribution in [0, 0.1) is 0 Å². The van der Waals surface area contributed by atoms with Crippen molar-refractivity contribution >= 4 is 23.4 Å². The SMILES string of the molecule is FC(F)Sc1ccc(-n2c(-c3ccc(Cl)cc3)c[n+]3c2CCCCC3)cc1. The fourth-order valence-corrected chi connectivity index (χ4v) is 4.25. The van der Waals surface area contributed by atoms with Crippen molar-refractivity contribution in [3.63, 3.8) is 0 Å². The topological polar surface area (TPSA) is 8.81 Å². The Morgan fingerprint density at radius 1 is 0.963 bits per heavy atom. The number of imidazole rings is 1. The summed E-state index contributed by atoms with van der Waals surface area (Å²) in [5, 5.41) is 0.708. The van der Waals surface area contributed by atoms with Crippen molar-refractivity contribution in [1.82, 2.24) is 4.57 Å². The van der Waals surface area contributed by atoms with E-state index in [1.807, 2.05) is 36.4 Å². The first-order valence-electron chi connectivity index (χ1n) is 9.07. The third kappa shape index (κ3) is 4.04. The predicted octanol–water partition coefficient (Wildman–Crippen LogP) is 6.13. The van der Waals surface area contributed by atoms with Gasteiger partial charge in [0, 0.05) is 21.9 Å². The molecule has 0 radical (unpaired) electrons. The minimum absolute atomic E-state index is 0.576. The third-order valence-electron chi connectivity index (χ3n) is 4.87. The first-order chi connectivity index (χ1) is 13.1. The predicted molar refractivity (Wildman–Crippen MR) is 106 cm³/mol. The highest BCUT2D eigenvalue weighted by atomic mass is 35.5. The molecule has 0 fully saturated rings. The summed E-state index contributed by atoms with van der Waals surface area (Å²) in [6, 6.07) is 15.2. The van der Waals surface area contributed by atoms with Gasteiger partial charge in [-0.05, 0) is 67.8 Å². The van der Waals surface area contributed by atoms with E-state index < -0.39 is 5.76 Å². The normalized spacial score (nSPS) is 14.2. The number of hydrogen-bond acceptors (Lipinski definition) is 1. The summed E-state index contributed by atoms with van der Waals surface area (Å²) >= 11 is 6.64.